The molecule has 2 aromatic rings. The normalized spacial score (nSPS) is 12.4. The Morgan fingerprint density at radius 1 is 1.00 bits per heavy atom. The number of hydrogen-bond donors (Lipinski definition) is 1. The van der Waals surface area contributed by atoms with Crippen LogP contribution in [0, 0.1) is 6.92 Å². The van der Waals surface area contributed by atoms with Crippen LogP contribution >= 0.6 is 0 Å². The molecule has 17 heavy (non-hydrogen) atoms. The van der Waals surface area contributed by atoms with Gasteiger partial charge in [0.05, 0.1) is 0 Å². The second-order valence-corrected chi connectivity index (χ2v) is 6.23. The third kappa shape index (κ3) is 3.44. The van der Waals surface area contributed by atoms with Gasteiger partial charge >= 0.3 is 109 Å². The fourth-order valence-electron chi connectivity index (χ4n) is 1.66. The summed E-state index contributed by atoms with van der Waals surface area (Å²) in [5.74, 6) is 0. The SMILES string of the molecule is Cc1ccccc1[Se]CC(O)c1ccccc1. The molecule has 0 bridgehead atoms. The summed E-state index contributed by atoms with van der Waals surface area (Å²) in [6, 6.07) is 18.3. The van der Waals surface area contributed by atoms with Gasteiger partial charge in [-0.3, -0.25) is 0 Å². The van der Waals surface area contributed by atoms with Crippen molar-refractivity contribution in [3.63, 3.8) is 0 Å². The van der Waals surface area contributed by atoms with Crippen molar-refractivity contribution in [1.29, 1.82) is 0 Å². The van der Waals surface area contributed by atoms with Gasteiger partial charge in [-0.25, -0.2) is 0 Å². The van der Waals surface area contributed by atoms with Crippen LogP contribution in [0.25, 0.3) is 0 Å². The Hall–Kier alpha value is -1.08. The Morgan fingerprint density at radius 3 is 2.35 bits per heavy atom. The van der Waals surface area contributed by atoms with Gasteiger partial charge in [-0.05, 0) is 0 Å². The average Bonchev–Trinajstić information content (AvgIpc) is 2.38. The minimum absolute atomic E-state index is 0.334. The number of rotatable bonds is 4. The molecule has 2 aromatic carbocycles. The molecule has 88 valence electrons. The van der Waals surface area contributed by atoms with Gasteiger partial charge in [0.2, 0.25) is 0 Å². The van der Waals surface area contributed by atoms with Crippen molar-refractivity contribution in [2.75, 3.05) is 0 Å². The van der Waals surface area contributed by atoms with Gasteiger partial charge in [0.1, 0.15) is 0 Å². The van der Waals surface area contributed by atoms with Crippen LogP contribution in [0.2, 0.25) is 5.32 Å². The second kappa shape index (κ2) is 6.02. The summed E-state index contributed by atoms with van der Waals surface area (Å²) in [4.78, 5) is 0. The topological polar surface area (TPSA) is 20.2 Å². The quantitative estimate of drug-likeness (QED) is 0.858. The predicted octanol–water partition coefficient (Wildman–Crippen LogP) is 2.48. The molecule has 0 saturated carbocycles. The van der Waals surface area contributed by atoms with E-state index in [-0.39, 0.29) is 6.10 Å². The Balaban J connectivity index is 1.97. The van der Waals surface area contributed by atoms with Gasteiger partial charge in [0.15, 0.2) is 0 Å². The van der Waals surface area contributed by atoms with Crippen molar-refractivity contribution in [1.82, 2.24) is 0 Å². The molecule has 2 heteroatoms. The zero-order valence-electron chi connectivity index (χ0n) is 9.84. The maximum atomic E-state index is 10.1. The zero-order valence-corrected chi connectivity index (χ0v) is 11.5. The maximum absolute atomic E-state index is 10.1. The van der Waals surface area contributed by atoms with Gasteiger partial charge in [0, 0.05) is 0 Å². The molecular formula is C15H16OSe. The molecule has 0 aliphatic rings. The van der Waals surface area contributed by atoms with E-state index in [2.05, 4.69) is 31.2 Å². The number of hydrogen-bond acceptors (Lipinski definition) is 1. The molecule has 0 amide bonds. The van der Waals surface area contributed by atoms with E-state index in [4.69, 9.17) is 0 Å². The number of aliphatic hydroxyl groups is 1. The van der Waals surface area contributed by atoms with Crippen LogP contribution in [0.4, 0.5) is 0 Å². The Morgan fingerprint density at radius 2 is 1.65 bits per heavy atom. The van der Waals surface area contributed by atoms with E-state index in [0.717, 1.165) is 10.9 Å². The Kier molecular flexibility index (Phi) is 4.38. The average molecular weight is 291 g/mol. The molecule has 0 fully saturated rings. The van der Waals surface area contributed by atoms with Crippen LogP contribution in [0.1, 0.15) is 17.2 Å². The molecule has 0 saturated heterocycles. The molecule has 0 aliphatic heterocycles. The molecular weight excluding hydrogens is 275 g/mol. The van der Waals surface area contributed by atoms with Crippen molar-refractivity contribution >= 4 is 19.4 Å². The standard InChI is InChI=1S/C15H16OSe/c1-12-7-5-6-10-15(12)17-11-14(16)13-8-3-2-4-9-13/h2-10,14,16H,11H2,1H3. The van der Waals surface area contributed by atoms with Gasteiger partial charge in [-0.2, -0.15) is 0 Å². The molecule has 0 spiro atoms. The first-order valence-electron chi connectivity index (χ1n) is 5.69. The summed E-state index contributed by atoms with van der Waals surface area (Å²) in [7, 11) is 0. The molecule has 1 nitrogen and oxygen atoms in total. The van der Waals surface area contributed by atoms with E-state index in [9.17, 15) is 5.11 Å². The molecule has 0 radical (unpaired) electrons. The zero-order chi connectivity index (χ0) is 12.1. The molecule has 0 aliphatic carbocycles. The predicted molar refractivity (Wildman–Crippen MR) is 72.8 cm³/mol. The van der Waals surface area contributed by atoms with E-state index in [1.54, 1.807) is 0 Å². The van der Waals surface area contributed by atoms with Crippen molar-refractivity contribution in [3.8, 4) is 0 Å². The van der Waals surface area contributed by atoms with Crippen molar-refractivity contribution in [3.05, 3.63) is 65.7 Å². The van der Waals surface area contributed by atoms with Crippen LogP contribution in [-0.4, -0.2) is 20.1 Å². The molecule has 1 unspecified atom stereocenters. The van der Waals surface area contributed by atoms with Crippen molar-refractivity contribution in [2.45, 2.75) is 18.3 Å². The summed E-state index contributed by atoms with van der Waals surface area (Å²) in [6.45, 7) is 2.13. The van der Waals surface area contributed by atoms with Gasteiger partial charge in [0.25, 0.3) is 0 Å². The molecule has 2 rings (SSSR count). The monoisotopic (exact) mass is 292 g/mol. The van der Waals surface area contributed by atoms with Crippen LogP contribution in [0.15, 0.2) is 54.6 Å². The fraction of sp³-hybridized carbons (Fsp3) is 0.200. The second-order valence-electron chi connectivity index (χ2n) is 4.00. The number of benzene rings is 2. The van der Waals surface area contributed by atoms with E-state index in [1.165, 1.54) is 10.0 Å². The van der Waals surface area contributed by atoms with E-state index < -0.39 is 0 Å². The van der Waals surface area contributed by atoms with Gasteiger partial charge in [-0.15, -0.1) is 0 Å². The molecule has 1 N–H and O–H groups in total. The van der Waals surface area contributed by atoms with Gasteiger partial charge in [-0.1, -0.05) is 0 Å². The first-order valence-corrected chi connectivity index (χ1v) is 7.75. The first kappa shape index (κ1) is 12.4. The summed E-state index contributed by atoms with van der Waals surface area (Å²) in [5, 5.41) is 10.9. The molecule has 0 aromatic heterocycles. The number of aliphatic hydroxyl groups excluding tert-OH is 1. The van der Waals surface area contributed by atoms with E-state index in [0.29, 0.717) is 15.0 Å². The third-order valence-corrected chi connectivity index (χ3v) is 5.30. The van der Waals surface area contributed by atoms with E-state index >= 15 is 0 Å². The molecule has 1 atom stereocenters. The fourth-order valence-corrected chi connectivity index (χ4v) is 3.76. The summed E-state index contributed by atoms with van der Waals surface area (Å²) in [6.07, 6.45) is -0.337. The van der Waals surface area contributed by atoms with E-state index in [1.807, 2.05) is 30.3 Å². The number of aryl methyl sites for hydroxylation is 1. The van der Waals surface area contributed by atoms with Gasteiger partial charge < -0.3 is 0 Å². The third-order valence-electron chi connectivity index (χ3n) is 2.67. The molecule has 0 heterocycles. The van der Waals surface area contributed by atoms with Crippen molar-refractivity contribution < 1.29 is 5.11 Å². The Labute approximate surface area is 109 Å². The summed E-state index contributed by atoms with van der Waals surface area (Å²) in [5.41, 5.74) is 2.34. The van der Waals surface area contributed by atoms with Crippen LogP contribution < -0.4 is 4.46 Å². The first-order chi connectivity index (χ1) is 8.27. The van der Waals surface area contributed by atoms with Crippen LogP contribution in [0.5, 0.6) is 0 Å². The van der Waals surface area contributed by atoms with Crippen molar-refractivity contribution in [2.24, 2.45) is 0 Å². The van der Waals surface area contributed by atoms with Crippen LogP contribution in [0.3, 0.4) is 0 Å². The summed E-state index contributed by atoms with van der Waals surface area (Å²) < 4.78 is 1.38. The Bertz CT molecular complexity index is 467. The minimum atomic E-state index is -0.337. The summed E-state index contributed by atoms with van der Waals surface area (Å²) >= 11 is 0.334. The van der Waals surface area contributed by atoms with Crippen LogP contribution in [-0.2, 0) is 0 Å².